The van der Waals surface area contributed by atoms with Crippen LogP contribution in [-0.4, -0.2) is 17.5 Å². The SMILES string of the molecule is CC(C)c1ccc(NC2CSCCC2(C)C)cc1. The summed E-state index contributed by atoms with van der Waals surface area (Å²) in [6, 6.07) is 9.53. The molecule has 1 atom stereocenters. The monoisotopic (exact) mass is 263 g/mol. The molecule has 1 saturated heterocycles. The van der Waals surface area contributed by atoms with Gasteiger partial charge in [0, 0.05) is 17.5 Å². The number of anilines is 1. The summed E-state index contributed by atoms with van der Waals surface area (Å²) >= 11 is 2.07. The summed E-state index contributed by atoms with van der Waals surface area (Å²) in [4.78, 5) is 0. The minimum atomic E-state index is 0.405. The van der Waals surface area contributed by atoms with Gasteiger partial charge in [-0.2, -0.15) is 11.8 Å². The third kappa shape index (κ3) is 3.23. The maximum absolute atomic E-state index is 3.72. The van der Waals surface area contributed by atoms with Gasteiger partial charge in [0.25, 0.3) is 0 Å². The molecule has 1 aromatic rings. The van der Waals surface area contributed by atoms with Crippen molar-refractivity contribution in [3.05, 3.63) is 29.8 Å². The zero-order chi connectivity index (χ0) is 13.2. The van der Waals surface area contributed by atoms with Gasteiger partial charge < -0.3 is 5.32 Å². The summed E-state index contributed by atoms with van der Waals surface area (Å²) in [5, 5.41) is 3.72. The molecule has 1 heterocycles. The van der Waals surface area contributed by atoms with E-state index >= 15 is 0 Å². The molecule has 1 aromatic carbocycles. The van der Waals surface area contributed by atoms with E-state index in [1.54, 1.807) is 0 Å². The Kier molecular flexibility index (Phi) is 4.26. The topological polar surface area (TPSA) is 12.0 Å². The summed E-state index contributed by atoms with van der Waals surface area (Å²) in [5.74, 6) is 3.14. The highest BCUT2D eigenvalue weighted by Gasteiger charge is 2.32. The second kappa shape index (κ2) is 5.56. The normalized spacial score (nSPS) is 23.1. The highest BCUT2D eigenvalue weighted by atomic mass is 32.2. The van der Waals surface area contributed by atoms with Crippen molar-refractivity contribution in [2.75, 3.05) is 16.8 Å². The Balaban J connectivity index is 2.04. The molecule has 1 fully saturated rings. The van der Waals surface area contributed by atoms with E-state index < -0.39 is 0 Å². The van der Waals surface area contributed by atoms with Crippen LogP contribution in [0.2, 0.25) is 0 Å². The van der Waals surface area contributed by atoms with Crippen LogP contribution in [0, 0.1) is 5.41 Å². The van der Waals surface area contributed by atoms with E-state index in [4.69, 9.17) is 0 Å². The fourth-order valence-corrected chi connectivity index (χ4v) is 3.95. The largest absolute Gasteiger partial charge is 0.381 e. The molecule has 0 amide bonds. The minimum Gasteiger partial charge on any atom is -0.381 e. The van der Waals surface area contributed by atoms with Gasteiger partial charge in [-0.05, 0) is 41.2 Å². The third-order valence-corrected chi connectivity index (χ3v) is 5.10. The first-order chi connectivity index (χ1) is 8.49. The molecule has 2 rings (SSSR count). The van der Waals surface area contributed by atoms with Crippen molar-refractivity contribution in [2.24, 2.45) is 5.41 Å². The smallest absolute Gasteiger partial charge is 0.0403 e. The Hall–Kier alpha value is -0.630. The fourth-order valence-electron chi connectivity index (χ4n) is 2.34. The van der Waals surface area contributed by atoms with Gasteiger partial charge in [0.05, 0.1) is 0 Å². The number of thioether (sulfide) groups is 1. The van der Waals surface area contributed by atoms with Gasteiger partial charge in [-0.25, -0.2) is 0 Å². The molecular formula is C16H25NS. The molecule has 100 valence electrons. The molecule has 0 aliphatic carbocycles. The molecule has 0 spiro atoms. The van der Waals surface area contributed by atoms with Gasteiger partial charge in [0.2, 0.25) is 0 Å². The number of rotatable bonds is 3. The number of hydrogen-bond acceptors (Lipinski definition) is 2. The first kappa shape index (κ1) is 13.8. The number of hydrogen-bond donors (Lipinski definition) is 1. The standard InChI is InChI=1S/C16H25NS/c1-12(2)13-5-7-14(8-6-13)17-15-11-18-10-9-16(15,3)4/h5-8,12,15,17H,9-11H2,1-4H3. The Morgan fingerprint density at radius 3 is 2.44 bits per heavy atom. The second-order valence-corrected chi connectivity index (χ2v) is 7.44. The van der Waals surface area contributed by atoms with E-state index in [-0.39, 0.29) is 0 Å². The lowest BCUT2D eigenvalue weighted by Gasteiger charge is -2.39. The molecule has 1 N–H and O–H groups in total. The minimum absolute atomic E-state index is 0.405. The number of nitrogens with one attached hydrogen (secondary N) is 1. The second-order valence-electron chi connectivity index (χ2n) is 6.29. The van der Waals surface area contributed by atoms with Crippen LogP contribution in [0.3, 0.4) is 0 Å². The van der Waals surface area contributed by atoms with Crippen molar-refractivity contribution in [2.45, 2.75) is 46.1 Å². The first-order valence-electron chi connectivity index (χ1n) is 6.93. The van der Waals surface area contributed by atoms with E-state index in [9.17, 15) is 0 Å². The van der Waals surface area contributed by atoms with Crippen molar-refractivity contribution in [1.82, 2.24) is 0 Å². The Morgan fingerprint density at radius 1 is 1.22 bits per heavy atom. The van der Waals surface area contributed by atoms with Gasteiger partial charge >= 0.3 is 0 Å². The predicted molar refractivity (Wildman–Crippen MR) is 83.7 cm³/mol. The lowest BCUT2D eigenvalue weighted by Crippen LogP contribution is -2.41. The Bertz CT molecular complexity index is 381. The van der Waals surface area contributed by atoms with Crippen LogP contribution >= 0.6 is 11.8 Å². The van der Waals surface area contributed by atoms with E-state index in [1.807, 2.05) is 0 Å². The van der Waals surface area contributed by atoms with Gasteiger partial charge in [0.15, 0.2) is 0 Å². The van der Waals surface area contributed by atoms with Crippen LogP contribution in [0.5, 0.6) is 0 Å². The molecular weight excluding hydrogens is 238 g/mol. The van der Waals surface area contributed by atoms with Crippen molar-refractivity contribution < 1.29 is 0 Å². The summed E-state index contributed by atoms with van der Waals surface area (Å²) < 4.78 is 0. The van der Waals surface area contributed by atoms with Crippen LogP contribution in [0.1, 0.15) is 45.6 Å². The van der Waals surface area contributed by atoms with E-state index in [0.717, 1.165) is 0 Å². The summed E-state index contributed by atoms with van der Waals surface area (Å²) in [6.07, 6.45) is 1.30. The zero-order valence-corrected chi connectivity index (χ0v) is 12.8. The van der Waals surface area contributed by atoms with Crippen molar-refractivity contribution in [3.63, 3.8) is 0 Å². The maximum atomic E-state index is 3.72. The highest BCUT2D eigenvalue weighted by Crippen LogP contribution is 2.36. The van der Waals surface area contributed by atoms with E-state index in [0.29, 0.717) is 17.4 Å². The quantitative estimate of drug-likeness (QED) is 0.844. The Labute approximate surface area is 116 Å². The van der Waals surface area contributed by atoms with Crippen molar-refractivity contribution >= 4 is 17.4 Å². The van der Waals surface area contributed by atoms with Gasteiger partial charge in [-0.15, -0.1) is 0 Å². The molecule has 18 heavy (non-hydrogen) atoms. The lowest BCUT2D eigenvalue weighted by atomic mass is 9.82. The molecule has 1 unspecified atom stereocenters. The molecule has 0 bridgehead atoms. The van der Waals surface area contributed by atoms with E-state index in [1.165, 1.54) is 29.2 Å². The van der Waals surface area contributed by atoms with Gasteiger partial charge in [-0.1, -0.05) is 39.8 Å². The molecule has 0 saturated carbocycles. The van der Waals surface area contributed by atoms with Crippen LogP contribution in [0.25, 0.3) is 0 Å². The average molecular weight is 263 g/mol. The molecule has 1 nitrogen and oxygen atoms in total. The highest BCUT2D eigenvalue weighted by molar-refractivity contribution is 7.99. The summed E-state index contributed by atoms with van der Waals surface area (Å²) in [6.45, 7) is 9.24. The van der Waals surface area contributed by atoms with Gasteiger partial charge in [-0.3, -0.25) is 0 Å². The van der Waals surface area contributed by atoms with Crippen LogP contribution in [0.4, 0.5) is 5.69 Å². The van der Waals surface area contributed by atoms with Crippen molar-refractivity contribution in [1.29, 1.82) is 0 Å². The van der Waals surface area contributed by atoms with E-state index in [2.05, 4.69) is 69.0 Å². The van der Waals surface area contributed by atoms with Crippen molar-refractivity contribution in [3.8, 4) is 0 Å². The molecule has 0 radical (unpaired) electrons. The van der Waals surface area contributed by atoms with Gasteiger partial charge in [0.1, 0.15) is 0 Å². The third-order valence-electron chi connectivity index (χ3n) is 4.04. The predicted octanol–water partition coefficient (Wildman–Crippen LogP) is 4.75. The molecule has 2 heteroatoms. The van der Waals surface area contributed by atoms with Crippen LogP contribution in [0.15, 0.2) is 24.3 Å². The molecule has 1 aliphatic rings. The van der Waals surface area contributed by atoms with Crippen LogP contribution in [-0.2, 0) is 0 Å². The molecule has 1 aliphatic heterocycles. The molecule has 0 aromatic heterocycles. The Morgan fingerprint density at radius 2 is 1.89 bits per heavy atom. The summed E-state index contributed by atoms with van der Waals surface area (Å²) in [5.41, 5.74) is 3.08. The fraction of sp³-hybridized carbons (Fsp3) is 0.625. The zero-order valence-electron chi connectivity index (χ0n) is 12.0. The van der Waals surface area contributed by atoms with Crippen LogP contribution < -0.4 is 5.32 Å². The summed E-state index contributed by atoms with van der Waals surface area (Å²) in [7, 11) is 0. The average Bonchev–Trinajstić information content (AvgIpc) is 2.32. The first-order valence-corrected chi connectivity index (χ1v) is 8.09. The number of benzene rings is 1. The maximum Gasteiger partial charge on any atom is 0.0403 e. The lowest BCUT2D eigenvalue weighted by molar-refractivity contribution is 0.305.